The molecule has 0 bridgehead atoms. The fourth-order valence-corrected chi connectivity index (χ4v) is 3.31. The van der Waals surface area contributed by atoms with Crippen molar-refractivity contribution in [2.24, 2.45) is 0 Å². The Morgan fingerprint density at radius 3 is 2.36 bits per heavy atom. The minimum atomic E-state index is -3.25. The van der Waals surface area contributed by atoms with E-state index in [0.29, 0.717) is 31.5 Å². The summed E-state index contributed by atoms with van der Waals surface area (Å²) in [6.45, 7) is 0.868. The van der Waals surface area contributed by atoms with Crippen LogP contribution in [0.15, 0.2) is 24.3 Å². The van der Waals surface area contributed by atoms with Gasteiger partial charge < -0.3 is 10.0 Å². The lowest BCUT2D eigenvalue weighted by atomic mass is 10.0. The molecule has 8 heteroatoms. The van der Waals surface area contributed by atoms with Gasteiger partial charge in [-0.1, -0.05) is 6.07 Å². The number of nitrogens with one attached hydrogen (secondary N) is 1. The Morgan fingerprint density at radius 2 is 1.82 bits per heavy atom. The Bertz CT molecular complexity index is 678. The highest BCUT2D eigenvalue weighted by Gasteiger charge is 2.25. The van der Waals surface area contributed by atoms with Gasteiger partial charge in [0.25, 0.3) is 5.91 Å². The molecule has 0 radical (unpaired) electrons. The highest BCUT2D eigenvalue weighted by atomic mass is 32.2. The number of hydrogen-bond acceptors (Lipinski definition) is 4. The maximum atomic E-state index is 12.4. The highest BCUT2D eigenvalue weighted by molar-refractivity contribution is 7.88. The van der Waals surface area contributed by atoms with Crippen LogP contribution in [0.4, 0.5) is 0 Å². The molecule has 0 atom stereocenters. The molecule has 1 aliphatic heterocycles. The molecule has 1 heterocycles. The van der Waals surface area contributed by atoms with Crippen molar-refractivity contribution in [2.45, 2.75) is 18.9 Å². The van der Waals surface area contributed by atoms with E-state index in [-0.39, 0.29) is 17.5 Å². The molecule has 0 aliphatic carbocycles. The molecule has 7 nitrogen and oxygen atoms in total. The number of nitrogens with zero attached hydrogens (tertiary/aromatic N) is 1. The second-order valence-electron chi connectivity index (χ2n) is 5.34. The van der Waals surface area contributed by atoms with Crippen LogP contribution in [0, 0.1) is 0 Å². The summed E-state index contributed by atoms with van der Waals surface area (Å²) < 4.78 is 24.9. The first-order chi connectivity index (χ1) is 10.3. The number of carboxylic acid groups (broad SMARTS) is 1. The van der Waals surface area contributed by atoms with Crippen LogP contribution in [0.3, 0.4) is 0 Å². The van der Waals surface area contributed by atoms with Crippen molar-refractivity contribution in [3.63, 3.8) is 0 Å². The maximum Gasteiger partial charge on any atom is 0.335 e. The molecule has 0 aromatic heterocycles. The third kappa shape index (κ3) is 4.28. The number of sulfonamides is 1. The number of benzene rings is 1. The van der Waals surface area contributed by atoms with Crippen LogP contribution in [0.25, 0.3) is 0 Å². The van der Waals surface area contributed by atoms with Crippen molar-refractivity contribution in [2.75, 3.05) is 19.3 Å². The van der Waals surface area contributed by atoms with Crippen molar-refractivity contribution in [1.29, 1.82) is 0 Å². The summed E-state index contributed by atoms with van der Waals surface area (Å²) in [4.78, 5) is 24.9. The van der Waals surface area contributed by atoms with Gasteiger partial charge in [-0.05, 0) is 31.0 Å². The first-order valence-corrected chi connectivity index (χ1v) is 8.75. The number of carbonyl (C=O) groups is 2. The molecule has 0 spiro atoms. The SMILES string of the molecule is CS(=O)(=O)NC1CCN(C(=O)c2cccc(C(=O)O)c2)CC1. The first-order valence-electron chi connectivity index (χ1n) is 6.86. The van der Waals surface area contributed by atoms with Gasteiger partial charge in [0, 0.05) is 24.7 Å². The van der Waals surface area contributed by atoms with Crippen LogP contribution in [0.1, 0.15) is 33.6 Å². The Kier molecular flexibility index (Phi) is 4.82. The quantitative estimate of drug-likeness (QED) is 0.840. The van der Waals surface area contributed by atoms with Gasteiger partial charge in [-0.2, -0.15) is 0 Å². The summed E-state index contributed by atoms with van der Waals surface area (Å²) >= 11 is 0. The number of carboxylic acids is 1. The van der Waals surface area contributed by atoms with Crippen LogP contribution in [-0.2, 0) is 10.0 Å². The van der Waals surface area contributed by atoms with Crippen LogP contribution in [0.2, 0.25) is 0 Å². The summed E-state index contributed by atoms with van der Waals surface area (Å²) in [5, 5.41) is 8.95. The minimum Gasteiger partial charge on any atom is -0.478 e. The lowest BCUT2D eigenvalue weighted by molar-refractivity contribution is 0.0697. The number of piperidine rings is 1. The van der Waals surface area contributed by atoms with E-state index in [0.717, 1.165) is 6.26 Å². The van der Waals surface area contributed by atoms with Crippen molar-refractivity contribution in [3.8, 4) is 0 Å². The van der Waals surface area contributed by atoms with E-state index < -0.39 is 16.0 Å². The summed E-state index contributed by atoms with van der Waals surface area (Å²) in [6.07, 6.45) is 2.19. The number of carbonyl (C=O) groups excluding carboxylic acids is 1. The van der Waals surface area contributed by atoms with E-state index in [1.165, 1.54) is 18.2 Å². The molecule has 2 N–H and O–H groups in total. The smallest absolute Gasteiger partial charge is 0.335 e. The fraction of sp³-hybridized carbons (Fsp3) is 0.429. The topological polar surface area (TPSA) is 104 Å². The average molecular weight is 326 g/mol. The van der Waals surface area contributed by atoms with Crippen LogP contribution in [-0.4, -0.2) is 55.7 Å². The number of amides is 1. The lowest BCUT2D eigenvalue weighted by Crippen LogP contribution is -2.46. The largest absolute Gasteiger partial charge is 0.478 e. The summed E-state index contributed by atoms with van der Waals surface area (Å²) in [5.41, 5.74) is 0.397. The number of rotatable bonds is 4. The Morgan fingerprint density at radius 1 is 1.23 bits per heavy atom. The third-order valence-corrected chi connectivity index (χ3v) is 4.28. The minimum absolute atomic E-state index is 0.0690. The molecule has 1 fully saturated rings. The van der Waals surface area contributed by atoms with Crippen molar-refractivity contribution in [3.05, 3.63) is 35.4 Å². The van der Waals surface area contributed by atoms with Gasteiger partial charge in [0.1, 0.15) is 0 Å². The second kappa shape index (κ2) is 6.45. The predicted octanol–water partition coefficient (Wildman–Crippen LogP) is 0.539. The Hall–Kier alpha value is -1.93. The van der Waals surface area contributed by atoms with Crippen LogP contribution >= 0.6 is 0 Å². The number of hydrogen-bond donors (Lipinski definition) is 2. The van der Waals surface area contributed by atoms with E-state index in [9.17, 15) is 18.0 Å². The van der Waals surface area contributed by atoms with Crippen molar-refractivity contribution >= 4 is 21.9 Å². The highest BCUT2D eigenvalue weighted by Crippen LogP contribution is 2.15. The van der Waals surface area contributed by atoms with E-state index >= 15 is 0 Å². The zero-order valence-corrected chi connectivity index (χ0v) is 13.0. The molecule has 1 aromatic carbocycles. The molecular formula is C14H18N2O5S. The van der Waals surface area contributed by atoms with E-state index in [1.807, 2.05) is 0 Å². The summed E-state index contributed by atoms with van der Waals surface area (Å²) in [6, 6.07) is 5.74. The molecule has 22 heavy (non-hydrogen) atoms. The van der Waals surface area contributed by atoms with Crippen molar-refractivity contribution in [1.82, 2.24) is 9.62 Å². The second-order valence-corrected chi connectivity index (χ2v) is 7.12. The fourth-order valence-electron chi connectivity index (χ4n) is 2.47. The molecule has 1 amide bonds. The molecule has 1 aromatic rings. The van der Waals surface area contributed by atoms with Gasteiger partial charge in [-0.3, -0.25) is 4.79 Å². The third-order valence-electron chi connectivity index (χ3n) is 3.52. The molecule has 120 valence electrons. The normalized spacial score (nSPS) is 16.5. The average Bonchev–Trinajstić information content (AvgIpc) is 2.46. The van der Waals surface area contributed by atoms with Gasteiger partial charge in [0.2, 0.25) is 10.0 Å². The summed E-state index contributed by atoms with van der Waals surface area (Å²) in [5.74, 6) is -1.31. The van der Waals surface area contributed by atoms with E-state index in [4.69, 9.17) is 5.11 Å². The molecule has 2 rings (SSSR count). The predicted molar refractivity (Wildman–Crippen MR) is 80.3 cm³/mol. The van der Waals surface area contributed by atoms with E-state index in [2.05, 4.69) is 4.72 Å². The van der Waals surface area contributed by atoms with Gasteiger partial charge in [-0.15, -0.1) is 0 Å². The number of likely N-dealkylation sites (tertiary alicyclic amines) is 1. The summed E-state index contributed by atoms with van der Waals surface area (Å²) in [7, 11) is -3.25. The van der Waals surface area contributed by atoms with Gasteiger partial charge in [-0.25, -0.2) is 17.9 Å². The monoisotopic (exact) mass is 326 g/mol. The Labute approximate surface area is 129 Å². The van der Waals surface area contributed by atoms with Gasteiger partial charge in [0.15, 0.2) is 0 Å². The molecular weight excluding hydrogens is 308 g/mol. The molecule has 1 saturated heterocycles. The zero-order chi connectivity index (χ0) is 16.3. The van der Waals surface area contributed by atoms with Crippen LogP contribution < -0.4 is 4.72 Å². The lowest BCUT2D eigenvalue weighted by Gasteiger charge is -2.32. The molecule has 0 unspecified atom stereocenters. The van der Waals surface area contributed by atoms with Crippen LogP contribution in [0.5, 0.6) is 0 Å². The molecule has 0 saturated carbocycles. The van der Waals surface area contributed by atoms with E-state index in [1.54, 1.807) is 11.0 Å². The van der Waals surface area contributed by atoms with Gasteiger partial charge in [0.05, 0.1) is 11.8 Å². The Balaban J connectivity index is 2.01. The van der Waals surface area contributed by atoms with Gasteiger partial charge >= 0.3 is 5.97 Å². The maximum absolute atomic E-state index is 12.4. The first kappa shape index (κ1) is 16.4. The number of aromatic carboxylic acids is 1. The van der Waals surface area contributed by atoms with Crippen molar-refractivity contribution < 1.29 is 23.1 Å². The zero-order valence-electron chi connectivity index (χ0n) is 12.2. The molecule has 1 aliphatic rings. The standard InChI is InChI=1S/C14H18N2O5S/c1-22(20,21)15-12-5-7-16(8-6-12)13(17)10-3-2-4-11(9-10)14(18)19/h2-4,9,12,15H,5-8H2,1H3,(H,18,19).